The second-order valence-electron chi connectivity index (χ2n) is 2.74. The number of carbonyl (C=O) groups is 2. The van der Waals surface area contributed by atoms with Gasteiger partial charge in [0.2, 0.25) is 6.41 Å². The molecule has 0 N–H and O–H groups in total. The molecule has 0 aromatic heterocycles. The van der Waals surface area contributed by atoms with Gasteiger partial charge < -0.3 is 14.4 Å². The van der Waals surface area contributed by atoms with E-state index in [2.05, 4.69) is 0 Å². The minimum atomic E-state index is 0.226. The fourth-order valence-corrected chi connectivity index (χ4v) is 1.17. The molecule has 0 aliphatic rings. The summed E-state index contributed by atoms with van der Waals surface area (Å²) in [7, 11) is 3.01. The number of hydrogen-bond donors (Lipinski definition) is 0. The molecule has 0 saturated carbocycles. The van der Waals surface area contributed by atoms with Crippen molar-refractivity contribution in [2.45, 2.75) is 0 Å². The highest BCUT2D eigenvalue weighted by Crippen LogP contribution is 2.36. The molecule has 0 atom stereocenters. The van der Waals surface area contributed by atoms with Crippen molar-refractivity contribution in [3.63, 3.8) is 0 Å². The molecule has 0 aliphatic carbocycles. The lowest BCUT2D eigenvalue weighted by molar-refractivity contribution is -0.120. The minimum absolute atomic E-state index is 0.226. The number of rotatable bonds is 5. The highest BCUT2D eigenvalue weighted by atomic mass is 16.5. The zero-order valence-electron chi connectivity index (χ0n) is 8.47. The van der Waals surface area contributed by atoms with Crippen LogP contribution in [0.15, 0.2) is 18.2 Å². The topological polar surface area (TPSA) is 55.8 Å². The first-order valence-electron chi connectivity index (χ1n) is 4.20. The molecule has 1 aromatic rings. The summed E-state index contributed by atoms with van der Waals surface area (Å²) in [6.07, 6.45) is 0.617. The van der Waals surface area contributed by atoms with Gasteiger partial charge in [-0.25, -0.2) is 0 Å². The first-order valence-corrected chi connectivity index (χ1v) is 4.20. The van der Waals surface area contributed by atoms with Gasteiger partial charge in [0.15, 0.2) is 11.5 Å². The molecule has 0 aliphatic heterocycles. The quantitative estimate of drug-likeness (QED) is 0.674. The molecular weight excluding hydrogens is 198 g/mol. The highest BCUT2D eigenvalue weighted by molar-refractivity contribution is 5.80. The van der Waals surface area contributed by atoms with Crippen LogP contribution in [0.1, 0.15) is 0 Å². The van der Waals surface area contributed by atoms with Crippen LogP contribution in [0.2, 0.25) is 0 Å². The van der Waals surface area contributed by atoms with Crippen molar-refractivity contribution in [2.75, 3.05) is 19.1 Å². The summed E-state index contributed by atoms with van der Waals surface area (Å²) in [5.41, 5.74) is 0.469. The Morgan fingerprint density at radius 1 is 1.33 bits per heavy atom. The molecule has 0 bridgehead atoms. The predicted molar refractivity (Wildman–Crippen MR) is 54.2 cm³/mol. The van der Waals surface area contributed by atoms with Crippen LogP contribution in [-0.4, -0.2) is 27.0 Å². The summed E-state index contributed by atoms with van der Waals surface area (Å²) in [5.74, 6) is 0.623. The number of amides is 1. The minimum Gasteiger partial charge on any atom is -0.493 e. The van der Waals surface area contributed by atoms with Crippen molar-refractivity contribution in [3.8, 4) is 11.5 Å². The second-order valence-corrected chi connectivity index (χ2v) is 2.74. The molecule has 0 unspecified atom stereocenters. The highest BCUT2D eigenvalue weighted by Gasteiger charge is 2.13. The number of para-hydroxylation sites is 1. The zero-order chi connectivity index (χ0) is 11.3. The molecular formula is C10H11NO4. The molecule has 0 saturated heterocycles. The van der Waals surface area contributed by atoms with Gasteiger partial charge in [0.05, 0.1) is 12.8 Å². The number of ether oxygens (including phenoxy) is 2. The summed E-state index contributed by atoms with van der Waals surface area (Å²) < 4.78 is 9.78. The Kier molecular flexibility index (Phi) is 3.68. The van der Waals surface area contributed by atoms with Crippen molar-refractivity contribution in [3.05, 3.63) is 18.2 Å². The van der Waals surface area contributed by atoms with E-state index >= 15 is 0 Å². The van der Waals surface area contributed by atoms with E-state index in [4.69, 9.17) is 9.47 Å². The van der Waals surface area contributed by atoms with Crippen molar-refractivity contribution in [1.29, 1.82) is 0 Å². The van der Waals surface area contributed by atoms with Gasteiger partial charge in [-0.15, -0.1) is 0 Å². The summed E-state index contributed by atoms with van der Waals surface area (Å²) >= 11 is 0. The molecule has 1 amide bonds. The van der Waals surface area contributed by atoms with Crippen LogP contribution in [0.25, 0.3) is 0 Å². The van der Waals surface area contributed by atoms with E-state index in [0.717, 1.165) is 0 Å². The van der Waals surface area contributed by atoms with Gasteiger partial charge >= 0.3 is 0 Å². The SMILES string of the molecule is COc1cccc(N(C)C=O)c1OC=O. The largest absolute Gasteiger partial charge is 0.493 e. The number of carbonyl (C=O) groups excluding carboxylic acids is 2. The van der Waals surface area contributed by atoms with Crippen molar-refractivity contribution in [2.24, 2.45) is 0 Å². The van der Waals surface area contributed by atoms with Gasteiger partial charge in [-0.1, -0.05) is 6.07 Å². The maximum Gasteiger partial charge on any atom is 0.298 e. The van der Waals surface area contributed by atoms with E-state index in [-0.39, 0.29) is 5.75 Å². The van der Waals surface area contributed by atoms with E-state index in [0.29, 0.717) is 24.3 Å². The van der Waals surface area contributed by atoms with Gasteiger partial charge in [-0.05, 0) is 12.1 Å². The Hall–Kier alpha value is -2.04. The maximum absolute atomic E-state index is 10.6. The lowest BCUT2D eigenvalue weighted by Gasteiger charge is -2.16. The predicted octanol–water partition coefficient (Wildman–Crippen LogP) is 0.823. The lowest BCUT2D eigenvalue weighted by Crippen LogP contribution is -2.15. The number of benzene rings is 1. The van der Waals surface area contributed by atoms with Crippen LogP contribution in [0.3, 0.4) is 0 Å². The van der Waals surface area contributed by atoms with Gasteiger partial charge in [0.1, 0.15) is 0 Å². The standard InChI is InChI=1S/C10H11NO4/c1-11(6-12)8-4-3-5-9(14-2)10(8)15-7-13/h3-7H,1-2H3. The third-order valence-corrected chi connectivity index (χ3v) is 1.88. The van der Waals surface area contributed by atoms with E-state index in [1.165, 1.54) is 12.0 Å². The molecule has 0 fully saturated rings. The monoisotopic (exact) mass is 209 g/mol. The van der Waals surface area contributed by atoms with Gasteiger partial charge in [0, 0.05) is 7.05 Å². The van der Waals surface area contributed by atoms with Crippen LogP contribution in [0, 0.1) is 0 Å². The van der Waals surface area contributed by atoms with E-state index in [9.17, 15) is 9.59 Å². The van der Waals surface area contributed by atoms with Crippen LogP contribution >= 0.6 is 0 Å². The van der Waals surface area contributed by atoms with Crippen LogP contribution in [-0.2, 0) is 9.59 Å². The average molecular weight is 209 g/mol. The molecule has 80 valence electrons. The van der Waals surface area contributed by atoms with Gasteiger partial charge in [0.25, 0.3) is 6.47 Å². The third-order valence-electron chi connectivity index (χ3n) is 1.88. The first kappa shape index (κ1) is 11.0. The summed E-state index contributed by atoms with van der Waals surface area (Å²) in [4.78, 5) is 22.2. The molecule has 1 aromatic carbocycles. The summed E-state index contributed by atoms with van der Waals surface area (Å²) in [5, 5.41) is 0. The molecule has 5 heteroatoms. The Balaban J connectivity index is 3.23. The van der Waals surface area contributed by atoms with Crippen LogP contribution < -0.4 is 14.4 Å². The average Bonchev–Trinajstić information content (AvgIpc) is 2.28. The Bertz CT molecular complexity index is 364. The van der Waals surface area contributed by atoms with Crippen molar-refractivity contribution < 1.29 is 19.1 Å². The molecule has 0 spiro atoms. The summed E-state index contributed by atoms with van der Waals surface area (Å²) in [6, 6.07) is 4.99. The Morgan fingerprint density at radius 2 is 2.07 bits per heavy atom. The Labute approximate surface area is 87.2 Å². The fraction of sp³-hybridized carbons (Fsp3) is 0.200. The van der Waals surface area contributed by atoms with Crippen molar-refractivity contribution >= 4 is 18.6 Å². The van der Waals surface area contributed by atoms with E-state index in [1.807, 2.05) is 0 Å². The van der Waals surface area contributed by atoms with Crippen LogP contribution in [0.5, 0.6) is 11.5 Å². The molecule has 1 rings (SSSR count). The second kappa shape index (κ2) is 4.99. The number of nitrogens with zero attached hydrogens (tertiary/aromatic N) is 1. The number of methoxy groups -OCH3 is 1. The smallest absolute Gasteiger partial charge is 0.298 e. The van der Waals surface area contributed by atoms with E-state index < -0.39 is 0 Å². The number of hydrogen-bond acceptors (Lipinski definition) is 4. The van der Waals surface area contributed by atoms with Crippen molar-refractivity contribution in [1.82, 2.24) is 0 Å². The van der Waals surface area contributed by atoms with E-state index in [1.54, 1.807) is 25.2 Å². The zero-order valence-corrected chi connectivity index (χ0v) is 8.47. The van der Waals surface area contributed by atoms with Gasteiger partial charge in [-0.2, -0.15) is 0 Å². The third kappa shape index (κ3) is 2.25. The normalized spacial score (nSPS) is 9.20. The fourth-order valence-electron chi connectivity index (χ4n) is 1.17. The van der Waals surface area contributed by atoms with Gasteiger partial charge in [-0.3, -0.25) is 9.59 Å². The van der Waals surface area contributed by atoms with Crippen LogP contribution in [0.4, 0.5) is 5.69 Å². The molecule has 15 heavy (non-hydrogen) atoms. The lowest BCUT2D eigenvalue weighted by atomic mass is 10.2. The molecule has 5 nitrogen and oxygen atoms in total. The first-order chi connectivity index (χ1) is 7.24. The number of anilines is 1. The maximum atomic E-state index is 10.6. The Morgan fingerprint density at radius 3 is 2.60 bits per heavy atom. The molecule has 0 heterocycles. The summed E-state index contributed by atoms with van der Waals surface area (Å²) in [6.45, 7) is 0.292. The molecule has 0 radical (unpaired) electrons.